The maximum Gasteiger partial charge on any atom is 0.315 e. The van der Waals surface area contributed by atoms with Crippen LogP contribution in [0.2, 0.25) is 0 Å². The molecule has 1 aromatic carbocycles. The number of nitro groups is 1. The van der Waals surface area contributed by atoms with Crippen LogP contribution in [-0.4, -0.2) is 11.4 Å². The Morgan fingerprint density at radius 1 is 1.47 bits per heavy atom. The minimum atomic E-state index is -0.515. The van der Waals surface area contributed by atoms with E-state index in [1.54, 1.807) is 18.2 Å². The van der Waals surface area contributed by atoms with Crippen LogP contribution in [0, 0.1) is 10.1 Å². The fourth-order valence-corrected chi connectivity index (χ4v) is 0.972. The standard InChI is InChI=1S/C8H8N2O5/c11-6-15-9-14-5-7-3-1-2-4-8(7)10(12)13/h1-4,6,9H,5H2. The zero-order valence-electron chi connectivity index (χ0n) is 7.58. The monoisotopic (exact) mass is 212 g/mol. The van der Waals surface area contributed by atoms with Gasteiger partial charge in [0.1, 0.15) is 6.61 Å². The molecule has 0 unspecified atom stereocenters. The van der Waals surface area contributed by atoms with Crippen molar-refractivity contribution in [1.82, 2.24) is 5.64 Å². The highest BCUT2D eigenvalue weighted by Crippen LogP contribution is 2.17. The Morgan fingerprint density at radius 2 is 2.20 bits per heavy atom. The van der Waals surface area contributed by atoms with Gasteiger partial charge < -0.3 is 4.84 Å². The third kappa shape index (κ3) is 3.33. The van der Waals surface area contributed by atoms with Gasteiger partial charge in [0, 0.05) is 6.07 Å². The third-order valence-corrected chi connectivity index (χ3v) is 1.57. The van der Waals surface area contributed by atoms with Crippen LogP contribution in [-0.2, 0) is 21.1 Å². The number of benzene rings is 1. The van der Waals surface area contributed by atoms with E-state index in [9.17, 15) is 14.9 Å². The maximum absolute atomic E-state index is 10.6. The minimum absolute atomic E-state index is 0.0506. The van der Waals surface area contributed by atoms with Gasteiger partial charge in [0.05, 0.1) is 10.5 Å². The Labute approximate surface area is 84.7 Å². The average molecular weight is 212 g/mol. The molecule has 0 heterocycles. The first-order chi connectivity index (χ1) is 7.25. The molecule has 0 spiro atoms. The number of rotatable bonds is 6. The third-order valence-electron chi connectivity index (χ3n) is 1.57. The van der Waals surface area contributed by atoms with E-state index in [2.05, 4.69) is 9.68 Å². The van der Waals surface area contributed by atoms with Crippen LogP contribution in [0.5, 0.6) is 0 Å². The molecule has 0 saturated heterocycles. The first-order valence-corrected chi connectivity index (χ1v) is 3.94. The fourth-order valence-electron chi connectivity index (χ4n) is 0.972. The number of nitrogens with one attached hydrogen (secondary N) is 1. The molecule has 0 saturated carbocycles. The Balaban J connectivity index is 2.59. The second kappa shape index (κ2) is 5.68. The molecule has 0 fully saturated rings. The SMILES string of the molecule is O=CONOCc1ccccc1[N+](=O)[O-]. The summed E-state index contributed by atoms with van der Waals surface area (Å²) in [5.74, 6) is 0. The molecule has 1 rings (SSSR count). The summed E-state index contributed by atoms with van der Waals surface area (Å²) in [5.41, 5.74) is 2.19. The predicted molar refractivity (Wildman–Crippen MR) is 48.2 cm³/mol. The lowest BCUT2D eigenvalue weighted by Gasteiger charge is -2.03. The van der Waals surface area contributed by atoms with Crippen LogP contribution in [0.25, 0.3) is 0 Å². The second-order valence-corrected chi connectivity index (χ2v) is 2.47. The topological polar surface area (TPSA) is 90.7 Å². The van der Waals surface area contributed by atoms with Gasteiger partial charge in [0.15, 0.2) is 0 Å². The van der Waals surface area contributed by atoms with E-state index >= 15 is 0 Å². The molecule has 15 heavy (non-hydrogen) atoms. The average Bonchev–Trinajstić information content (AvgIpc) is 2.25. The molecule has 7 heteroatoms. The van der Waals surface area contributed by atoms with Crippen LogP contribution in [0.3, 0.4) is 0 Å². The largest absolute Gasteiger partial charge is 0.348 e. The van der Waals surface area contributed by atoms with Crippen LogP contribution >= 0.6 is 0 Å². The summed E-state index contributed by atoms with van der Waals surface area (Å²) >= 11 is 0. The van der Waals surface area contributed by atoms with E-state index < -0.39 is 4.92 Å². The molecule has 0 aliphatic carbocycles. The van der Waals surface area contributed by atoms with Gasteiger partial charge in [-0.2, -0.15) is 0 Å². The van der Waals surface area contributed by atoms with Crippen molar-refractivity contribution in [2.75, 3.05) is 0 Å². The number of hydrogen-bond acceptors (Lipinski definition) is 6. The van der Waals surface area contributed by atoms with Crippen LogP contribution in [0.15, 0.2) is 24.3 Å². The normalized spacial score (nSPS) is 9.60. The molecule has 1 N–H and O–H groups in total. The molecule has 0 aromatic heterocycles. The highest BCUT2D eigenvalue weighted by molar-refractivity contribution is 5.39. The molecule has 0 radical (unpaired) electrons. The quantitative estimate of drug-likeness (QED) is 0.323. The minimum Gasteiger partial charge on any atom is -0.348 e. The van der Waals surface area contributed by atoms with E-state index in [1.807, 2.05) is 5.64 Å². The van der Waals surface area contributed by atoms with Crippen molar-refractivity contribution in [3.05, 3.63) is 39.9 Å². The Kier molecular flexibility index (Phi) is 4.20. The second-order valence-electron chi connectivity index (χ2n) is 2.47. The molecule has 0 atom stereocenters. The van der Waals surface area contributed by atoms with E-state index in [1.165, 1.54) is 6.07 Å². The summed E-state index contributed by atoms with van der Waals surface area (Å²) in [4.78, 5) is 28.4. The van der Waals surface area contributed by atoms with Gasteiger partial charge in [-0.15, -0.1) is 0 Å². The lowest BCUT2D eigenvalue weighted by molar-refractivity contribution is -0.386. The fraction of sp³-hybridized carbons (Fsp3) is 0.125. The van der Waals surface area contributed by atoms with Crippen molar-refractivity contribution in [2.24, 2.45) is 0 Å². The van der Waals surface area contributed by atoms with Gasteiger partial charge in [-0.05, 0) is 11.7 Å². The van der Waals surface area contributed by atoms with E-state index in [-0.39, 0.29) is 18.8 Å². The zero-order valence-corrected chi connectivity index (χ0v) is 7.58. The first kappa shape index (κ1) is 11.1. The molecule has 0 amide bonds. The first-order valence-electron chi connectivity index (χ1n) is 3.94. The number of nitrogens with zero attached hydrogens (tertiary/aromatic N) is 1. The van der Waals surface area contributed by atoms with Gasteiger partial charge in [-0.25, -0.2) is 0 Å². The summed E-state index contributed by atoms with van der Waals surface area (Å²) in [6.45, 7) is 0.0599. The number of nitro benzene ring substituents is 1. The Bertz CT molecular complexity index is 355. The lowest BCUT2D eigenvalue weighted by Crippen LogP contribution is -2.14. The van der Waals surface area contributed by atoms with Crippen molar-refractivity contribution >= 4 is 12.2 Å². The van der Waals surface area contributed by atoms with Gasteiger partial charge in [0.25, 0.3) is 5.69 Å². The van der Waals surface area contributed by atoms with Gasteiger partial charge in [0.2, 0.25) is 0 Å². The zero-order chi connectivity index (χ0) is 11.1. The summed E-state index contributed by atoms with van der Waals surface area (Å²) < 4.78 is 0. The number of hydrogen-bond donors (Lipinski definition) is 1. The Morgan fingerprint density at radius 3 is 2.87 bits per heavy atom. The lowest BCUT2D eigenvalue weighted by atomic mass is 10.2. The number of para-hydroxylation sites is 1. The summed E-state index contributed by atoms with van der Waals surface area (Å²) in [6, 6.07) is 6.10. The molecule has 0 bridgehead atoms. The van der Waals surface area contributed by atoms with Crippen molar-refractivity contribution in [3.8, 4) is 0 Å². The van der Waals surface area contributed by atoms with Crippen LogP contribution in [0.4, 0.5) is 5.69 Å². The molecule has 7 nitrogen and oxygen atoms in total. The molecule has 0 aliphatic heterocycles. The summed E-state index contributed by atoms with van der Waals surface area (Å²) in [5, 5.41) is 10.6. The molecular formula is C8H8N2O5. The highest BCUT2D eigenvalue weighted by Gasteiger charge is 2.11. The molecule has 1 aromatic rings. The predicted octanol–water partition coefficient (Wildman–Crippen LogP) is 0.704. The van der Waals surface area contributed by atoms with Gasteiger partial charge in [-0.1, -0.05) is 12.1 Å². The smallest absolute Gasteiger partial charge is 0.315 e. The van der Waals surface area contributed by atoms with Gasteiger partial charge in [-0.3, -0.25) is 19.7 Å². The van der Waals surface area contributed by atoms with Crippen LogP contribution in [0.1, 0.15) is 5.56 Å². The maximum atomic E-state index is 10.6. The molecule has 0 aliphatic rings. The van der Waals surface area contributed by atoms with Crippen molar-refractivity contribution in [2.45, 2.75) is 6.61 Å². The number of carbonyl (C=O) groups is 1. The molecule has 80 valence electrons. The summed E-state index contributed by atoms with van der Waals surface area (Å²) in [6.07, 6.45) is 0. The molecular weight excluding hydrogens is 204 g/mol. The summed E-state index contributed by atoms with van der Waals surface area (Å²) in [7, 11) is 0. The van der Waals surface area contributed by atoms with Crippen LogP contribution < -0.4 is 5.64 Å². The van der Waals surface area contributed by atoms with Gasteiger partial charge >= 0.3 is 6.47 Å². The highest BCUT2D eigenvalue weighted by atomic mass is 16.9. The van der Waals surface area contributed by atoms with E-state index in [0.29, 0.717) is 5.56 Å². The van der Waals surface area contributed by atoms with Crippen molar-refractivity contribution in [3.63, 3.8) is 0 Å². The Hall–Kier alpha value is -1.99. The van der Waals surface area contributed by atoms with Crippen molar-refractivity contribution in [1.29, 1.82) is 0 Å². The van der Waals surface area contributed by atoms with E-state index in [4.69, 9.17) is 0 Å². The number of carbonyl (C=O) groups excluding carboxylic acids is 1. The van der Waals surface area contributed by atoms with E-state index in [0.717, 1.165) is 0 Å². The van der Waals surface area contributed by atoms with Crippen molar-refractivity contribution < 1.29 is 19.4 Å².